The van der Waals surface area contributed by atoms with Crippen molar-refractivity contribution in [1.29, 1.82) is 0 Å². The molecule has 0 fully saturated rings. The number of aliphatic hydroxyl groups is 2. The molecule has 0 amide bonds. The Morgan fingerprint density at radius 3 is 0.972 bits per heavy atom. The van der Waals surface area contributed by atoms with Crippen molar-refractivity contribution < 1.29 is 29.4 Å². The molecule has 0 unspecified atom stereocenters. The summed E-state index contributed by atoms with van der Waals surface area (Å²) in [7, 11) is 0. The summed E-state index contributed by atoms with van der Waals surface area (Å²) in [5.41, 5.74) is -1.25. The smallest absolute Gasteiger partial charge is 0.218 e. The third kappa shape index (κ3) is 5.68. The number of hydrogen-bond donors (Lipinski definition) is 3. The molecule has 0 saturated carbocycles. The molecule has 11 aromatic rings. The Morgan fingerprint density at radius 1 is 0.324 bits per heavy atom. The fraction of sp³-hybridized carbons (Fsp3) is 0. The summed E-state index contributed by atoms with van der Waals surface area (Å²) in [6, 6.07) is 36.4. The molecular formula is C58H27N3O10. The van der Waals surface area contributed by atoms with Crippen LogP contribution in [0.25, 0.3) is 64.9 Å². The molecule has 334 valence electrons. The first-order chi connectivity index (χ1) is 34.4. The quantitative estimate of drug-likeness (QED) is 0.0864. The van der Waals surface area contributed by atoms with Crippen molar-refractivity contribution in [3.63, 3.8) is 0 Å². The molecule has 2 aliphatic carbocycles. The van der Waals surface area contributed by atoms with Gasteiger partial charge in [-0.05, 0) is 48.5 Å². The number of H-pyrrole nitrogens is 1. The molecular weight excluding hydrogens is 899 g/mol. The van der Waals surface area contributed by atoms with E-state index in [9.17, 15) is 48.6 Å². The largest absolute Gasteiger partial charge is 0.493 e. The number of nitrogens with one attached hydrogen (secondary N) is 1. The van der Waals surface area contributed by atoms with Crippen LogP contribution in [0, 0.1) is 0 Å². The molecule has 71 heavy (non-hydrogen) atoms. The van der Waals surface area contributed by atoms with Gasteiger partial charge < -0.3 is 15.2 Å². The minimum atomic E-state index is -0.661. The predicted octanol–water partition coefficient (Wildman–Crippen LogP) is 9.07. The summed E-state index contributed by atoms with van der Waals surface area (Å²) >= 11 is 0. The number of ketones is 4. The second-order valence-electron chi connectivity index (χ2n) is 17.5. The molecule has 0 aliphatic heterocycles. The molecule has 10 aromatic carbocycles. The van der Waals surface area contributed by atoms with Crippen molar-refractivity contribution in [1.82, 2.24) is 4.98 Å². The minimum Gasteiger partial charge on any atom is -0.493 e. The zero-order valence-corrected chi connectivity index (χ0v) is 36.4. The highest BCUT2D eigenvalue weighted by Gasteiger charge is 2.32. The van der Waals surface area contributed by atoms with Crippen LogP contribution in [0.3, 0.4) is 0 Å². The molecule has 0 atom stereocenters. The number of benzene rings is 10. The molecule has 0 saturated heterocycles. The van der Waals surface area contributed by atoms with E-state index < -0.39 is 45.1 Å². The molecule has 0 radical (unpaired) electrons. The number of hydrogen-bond acceptors (Lipinski definition) is 10. The Kier molecular flexibility index (Phi) is 8.49. The monoisotopic (exact) mass is 925 g/mol. The van der Waals surface area contributed by atoms with Gasteiger partial charge in [-0.25, -0.2) is 9.98 Å². The van der Waals surface area contributed by atoms with Crippen molar-refractivity contribution in [2.75, 3.05) is 0 Å². The normalized spacial score (nSPS) is 13.7. The second-order valence-corrected chi connectivity index (χ2v) is 17.5. The van der Waals surface area contributed by atoms with Gasteiger partial charge in [-0.2, -0.15) is 0 Å². The Hall–Kier alpha value is -10.1. The van der Waals surface area contributed by atoms with E-state index in [0.29, 0.717) is 0 Å². The van der Waals surface area contributed by atoms with Gasteiger partial charge in [-0.3, -0.25) is 38.4 Å². The summed E-state index contributed by atoms with van der Waals surface area (Å²) in [6.45, 7) is 0. The van der Waals surface area contributed by atoms with Crippen molar-refractivity contribution in [2.24, 2.45) is 9.98 Å². The van der Waals surface area contributed by atoms with Gasteiger partial charge in [0.15, 0.2) is 44.8 Å². The van der Waals surface area contributed by atoms with E-state index >= 15 is 0 Å². The van der Waals surface area contributed by atoms with Gasteiger partial charge in [-0.1, -0.05) is 97.1 Å². The summed E-state index contributed by atoms with van der Waals surface area (Å²) in [5.74, 6) is -2.95. The summed E-state index contributed by atoms with van der Waals surface area (Å²) in [4.78, 5) is 125. The van der Waals surface area contributed by atoms with Crippen LogP contribution in [0.2, 0.25) is 0 Å². The van der Waals surface area contributed by atoms with E-state index in [2.05, 4.69) is 15.0 Å². The first-order valence-corrected chi connectivity index (χ1v) is 22.2. The zero-order valence-electron chi connectivity index (χ0n) is 36.4. The van der Waals surface area contributed by atoms with Crippen LogP contribution >= 0.6 is 0 Å². The number of rotatable bonds is 4. The number of aromatic nitrogens is 1. The third-order valence-corrected chi connectivity index (χ3v) is 13.7. The molecule has 3 N–H and O–H groups in total. The predicted molar refractivity (Wildman–Crippen MR) is 270 cm³/mol. The van der Waals surface area contributed by atoms with Crippen LogP contribution in [0.15, 0.2) is 175 Å². The van der Waals surface area contributed by atoms with Gasteiger partial charge in [0, 0.05) is 88.0 Å². The number of aromatic amines is 1. The van der Waals surface area contributed by atoms with Gasteiger partial charge >= 0.3 is 0 Å². The van der Waals surface area contributed by atoms with E-state index in [1.807, 2.05) is 0 Å². The van der Waals surface area contributed by atoms with Crippen LogP contribution in [0.4, 0.5) is 11.4 Å². The molecule has 0 bridgehead atoms. The van der Waals surface area contributed by atoms with E-state index in [4.69, 9.17) is 0 Å². The fourth-order valence-electron chi connectivity index (χ4n) is 10.4. The van der Waals surface area contributed by atoms with Crippen LogP contribution in [-0.2, 0) is 0 Å². The highest BCUT2D eigenvalue weighted by Crippen LogP contribution is 2.41. The van der Waals surface area contributed by atoms with Crippen LogP contribution in [-0.4, -0.2) is 50.1 Å². The molecule has 0 spiro atoms. The number of fused-ring (bicyclic) bond motifs is 13. The van der Waals surface area contributed by atoms with E-state index in [0.717, 1.165) is 0 Å². The number of aliphatic imine (C=N–C) groups is 2. The van der Waals surface area contributed by atoms with Crippen molar-refractivity contribution in [3.05, 3.63) is 242 Å². The number of aliphatic hydroxyl groups excluding tert-OH is 2. The average molecular weight is 926 g/mol. The van der Waals surface area contributed by atoms with E-state index in [-0.39, 0.29) is 143 Å². The third-order valence-electron chi connectivity index (χ3n) is 13.7. The standard InChI is InChI=1S/C58H27N3O10/c62-49-27-9-1-3-11-29(27)51(64)39-21-25(17-19-35(39)49)57(70)59-41-23-37-38-24-42(60-58(71)26-18-20-36-40(22-26)52(65)30-12-4-2-10-28(30)50(36)63)44-46(56(69)34-16-8-6-14-32(34)54(44)67)48(38)61-47(37)45-43(41)53(66)31-13-5-7-15-33(31)55(45)68/h1-24,61H,(H,59,70)(H,60,71). The van der Waals surface area contributed by atoms with E-state index in [1.54, 1.807) is 72.8 Å². The summed E-state index contributed by atoms with van der Waals surface area (Å²) in [6.07, 6.45) is 0. The molecule has 1 heterocycles. The molecule has 13 nitrogen and oxygen atoms in total. The Bertz CT molecular complexity index is 4430. The highest BCUT2D eigenvalue weighted by atomic mass is 16.3. The average Bonchev–Trinajstić information content (AvgIpc) is 3.77. The van der Waals surface area contributed by atoms with Gasteiger partial charge in [0.25, 0.3) is 0 Å². The highest BCUT2D eigenvalue weighted by molar-refractivity contribution is 6.31. The number of nitrogens with zero attached hydrogens (tertiary/aromatic N) is 2. The van der Waals surface area contributed by atoms with Crippen LogP contribution in [0.5, 0.6) is 0 Å². The Morgan fingerprint density at radius 2 is 0.620 bits per heavy atom. The lowest BCUT2D eigenvalue weighted by atomic mass is 9.83. The zero-order chi connectivity index (χ0) is 48.7. The maximum absolute atomic E-state index is 14.8. The van der Waals surface area contributed by atoms with Gasteiger partial charge in [0.2, 0.25) is 11.8 Å². The van der Waals surface area contributed by atoms with Crippen molar-refractivity contribution >= 4 is 111 Å². The summed E-state index contributed by atoms with van der Waals surface area (Å²) < 4.78 is 0. The van der Waals surface area contributed by atoms with Gasteiger partial charge in [0.1, 0.15) is 0 Å². The van der Waals surface area contributed by atoms with E-state index in [1.165, 1.54) is 72.8 Å². The molecule has 2 aliphatic rings. The van der Waals surface area contributed by atoms with Crippen molar-refractivity contribution in [2.45, 2.75) is 0 Å². The summed E-state index contributed by atoms with van der Waals surface area (Å²) in [5, 5.41) is 23.7. The topological polar surface area (TPSA) is 218 Å². The first-order valence-electron chi connectivity index (χ1n) is 22.2. The maximum Gasteiger partial charge on any atom is 0.218 e. The number of carbonyl (C=O) groups excluding carboxylic acids is 4. The first kappa shape index (κ1) is 41.1. The van der Waals surface area contributed by atoms with Crippen LogP contribution in [0.1, 0.15) is 74.8 Å². The second kappa shape index (κ2) is 14.7. The van der Waals surface area contributed by atoms with Crippen LogP contribution < -0.4 is 21.7 Å². The van der Waals surface area contributed by atoms with Gasteiger partial charge in [0.05, 0.1) is 44.0 Å². The Labute approximate surface area is 396 Å². The Balaban J connectivity index is 1.08. The maximum atomic E-state index is 14.8. The fourth-order valence-corrected chi connectivity index (χ4v) is 10.4. The number of carbonyl (C=O) groups is 4. The minimum absolute atomic E-state index is 0.0217. The lowest BCUT2D eigenvalue weighted by Gasteiger charge is -2.17. The SMILES string of the molecule is O=C1c2ccccc2C(=O)c2cc(C(O)=Nc3cc4c5cc(N=C(O)c6ccc7c(c6)C(=O)c6ccccc6C7=O)c6c(=O)c7ccccc7c(=O)c6c5[nH]c4c4c(=O)c5ccccc5c(=O)c34)ccc21. The molecule has 13 heteroatoms. The van der Waals surface area contributed by atoms with Gasteiger partial charge in [-0.15, -0.1) is 0 Å². The van der Waals surface area contributed by atoms with Crippen molar-refractivity contribution in [3.8, 4) is 0 Å². The molecule has 13 rings (SSSR count). The molecule has 1 aromatic heterocycles. The lowest BCUT2D eigenvalue weighted by Crippen LogP contribution is -2.21. The lowest BCUT2D eigenvalue weighted by molar-refractivity contribution is 0.0979.